The van der Waals surface area contributed by atoms with Crippen LogP contribution in [-0.4, -0.2) is 43.5 Å². The second-order valence-electron chi connectivity index (χ2n) is 4.51. The minimum atomic E-state index is -2.88. The highest BCUT2D eigenvalue weighted by Gasteiger charge is 2.26. The number of rotatable bonds is 3. The van der Waals surface area contributed by atoms with Gasteiger partial charge in [-0.15, -0.1) is 0 Å². The third-order valence-electron chi connectivity index (χ3n) is 2.64. The van der Waals surface area contributed by atoms with Crippen LogP contribution in [0.5, 0.6) is 5.75 Å². The van der Waals surface area contributed by atoms with Crippen molar-refractivity contribution < 1.29 is 13.2 Å². The molecule has 1 aliphatic heterocycles. The quantitative estimate of drug-likeness (QED) is 0.884. The van der Waals surface area contributed by atoms with Gasteiger partial charge in [0.05, 0.1) is 17.6 Å². The zero-order valence-corrected chi connectivity index (χ0v) is 12.1. The molecule has 2 N–H and O–H groups in total. The average molecular weight is 291 g/mol. The lowest BCUT2D eigenvalue weighted by Gasteiger charge is -2.27. The summed E-state index contributed by atoms with van der Waals surface area (Å²) in [5.74, 6) is 1.30. The van der Waals surface area contributed by atoms with Crippen LogP contribution in [0.15, 0.2) is 0 Å². The first kappa shape index (κ1) is 13.4. The number of anilines is 2. The molecule has 1 saturated heterocycles. The molecule has 0 bridgehead atoms. The monoisotopic (exact) mass is 291 g/mol. The highest BCUT2D eigenvalue weighted by molar-refractivity contribution is 7.91. The maximum atomic E-state index is 11.4. The van der Waals surface area contributed by atoms with Gasteiger partial charge >= 0.3 is 0 Å². The van der Waals surface area contributed by atoms with E-state index in [2.05, 4.69) is 4.37 Å². The van der Waals surface area contributed by atoms with Crippen molar-refractivity contribution in [2.45, 2.75) is 20.0 Å². The summed E-state index contributed by atoms with van der Waals surface area (Å²) in [5, 5.41) is 0.830. The number of ether oxygens (including phenoxy) is 1. The molecule has 0 amide bonds. The van der Waals surface area contributed by atoms with Crippen LogP contribution in [0.25, 0.3) is 0 Å². The number of aromatic nitrogens is 1. The first-order valence-corrected chi connectivity index (χ1v) is 8.36. The zero-order chi connectivity index (χ0) is 13.3. The fraction of sp³-hybridized carbons (Fsp3) is 0.700. The average Bonchev–Trinajstić information content (AvgIpc) is 2.60. The molecule has 0 radical (unpaired) electrons. The highest BCUT2D eigenvalue weighted by Crippen LogP contribution is 2.39. The SMILES string of the molecule is CC(C)Oc1c(N)nsc1N1CCS(=O)(=O)CC1. The van der Waals surface area contributed by atoms with E-state index >= 15 is 0 Å². The Kier molecular flexibility index (Phi) is 3.67. The van der Waals surface area contributed by atoms with Crippen molar-refractivity contribution in [2.75, 3.05) is 35.2 Å². The molecule has 102 valence electrons. The Balaban J connectivity index is 2.19. The predicted octanol–water partition coefficient (Wildman–Crippen LogP) is 0.747. The van der Waals surface area contributed by atoms with Gasteiger partial charge in [0.15, 0.2) is 26.4 Å². The Hall–Kier alpha value is -1.02. The van der Waals surface area contributed by atoms with Crippen LogP contribution in [0.1, 0.15) is 13.8 Å². The first-order chi connectivity index (χ1) is 8.39. The van der Waals surface area contributed by atoms with Crippen molar-refractivity contribution in [1.29, 1.82) is 0 Å². The van der Waals surface area contributed by atoms with Gasteiger partial charge in [0.25, 0.3) is 0 Å². The van der Waals surface area contributed by atoms with E-state index in [1.807, 2.05) is 18.7 Å². The van der Waals surface area contributed by atoms with Gasteiger partial charge in [-0.1, -0.05) is 0 Å². The number of nitrogen functional groups attached to an aromatic ring is 1. The lowest BCUT2D eigenvalue weighted by molar-refractivity contribution is 0.245. The number of hydrogen-bond donors (Lipinski definition) is 1. The Morgan fingerprint density at radius 2 is 2.00 bits per heavy atom. The fourth-order valence-corrected chi connectivity index (χ4v) is 3.75. The van der Waals surface area contributed by atoms with E-state index < -0.39 is 9.84 Å². The van der Waals surface area contributed by atoms with E-state index in [4.69, 9.17) is 10.5 Å². The minimum Gasteiger partial charge on any atom is -0.484 e. The molecule has 18 heavy (non-hydrogen) atoms. The lowest BCUT2D eigenvalue weighted by Crippen LogP contribution is -2.40. The Morgan fingerprint density at radius 3 is 2.56 bits per heavy atom. The van der Waals surface area contributed by atoms with Gasteiger partial charge in [-0.25, -0.2) is 8.42 Å². The van der Waals surface area contributed by atoms with Crippen molar-refractivity contribution in [1.82, 2.24) is 4.37 Å². The molecule has 2 heterocycles. The maximum absolute atomic E-state index is 11.4. The predicted molar refractivity (Wildman–Crippen MR) is 73.2 cm³/mol. The molecule has 0 unspecified atom stereocenters. The fourth-order valence-electron chi connectivity index (χ4n) is 1.75. The van der Waals surface area contributed by atoms with Gasteiger partial charge in [-0.05, 0) is 25.4 Å². The van der Waals surface area contributed by atoms with E-state index in [0.717, 1.165) is 5.00 Å². The van der Waals surface area contributed by atoms with Crippen LogP contribution in [0.2, 0.25) is 0 Å². The minimum absolute atomic E-state index is 0.0102. The van der Waals surface area contributed by atoms with Crippen LogP contribution in [0.4, 0.5) is 10.8 Å². The Bertz CT molecular complexity index is 510. The van der Waals surface area contributed by atoms with E-state index in [1.165, 1.54) is 11.5 Å². The third-order valence-corrected chi connectivity index (χ3v) is 5.16. The smallest absolute Gasteiger partial charge is 0.198 e. The van der Waals surface area contributed by atoms with Gasteiger partial charge in [0, 0.05) is 13.1 Å². The summed E-state index contributed by atoms with van der Waals surface area (Å²) in [5.41, 5.74) is 5.78. The van der Waals surface area contributed by atoms with Crippen molar-refractivity contribution in [3.63, 3.8) is 0 Å². The lowest BCUT2D eigenvalue weighted by atomic mass is 10.4. The Morgan fingerprint density at radius 1 is 1.39 bits per heavy atom. The van der Waals surface area contributed by atoms with Gasteiger partial charge in [-0.2, -0.15) is 4.37 Å². The molecule has 1 aliphatic rings. The number of nitrogens with zero attached hydrogens (tertiary/aromatic N) is 2. The highest BCUT2D eigenvalue weighted by atomic mass is 32.2. The maximum Gasteiger partial charge on any atom is 0.198 e. The molecule has 0 atom stereocenters. The van der Waals surface area contributed by atoms with Crippen LogP contribution < -0.4 is 15.4 Å². The van der Waals surface area contributed by atoms with Gasteiger partial charge in [0.2, 0.25) is 0 Å². The summed E-state index contributed by atoms with van der Waals surface area (Å²) in [6, 6.07) is 0. The van der Waals surface area contributed by atoms with E-state index in [9.17, 15) is 8.42 Å². The molecular formula is C10H17N3O3S2. The van der Waals surface area contributed by atoms with Crippen LogP contribution in [0, 0.1) is 0 Å². The van der Waals surface area contributed by atoms with Crippen LogP contribution >= 0.6 is 11.5 Å². The summed E-state index contributed by atoms with van der Waals surface area (Å²) >= 11 is 1.26. The number of hydrogen-bond acceptors (Lipinski definition) is 7. The van der Waals surface area contributed by atoms with Gasteiger partial charge in [0.1, 0.15) is 0 Å². The second-order valence-corrected chi connectivity index (χ2v) is 7.56. The first-order valence-electron chi connectivity index (χ1n) is 5.76. The van der Waals surface area contributed by atoms with Crippen molar-refractivity contribution in [2.24, 2.45) is 0 Å². The van der Waals surface area contributed by atoms with Gasteiger partial charge in [-0.3, -0.25) is 0 Å². The number of nitrogens with two attached hydrogens (primary N) is 1. The molecule has 1 fully saturated rings. The van der Waals surface area contributed by atoms with Gasteiger partial charge < -0.3 is 15.4 Å². The van der Waals surface area contributed by atoms with Crippen molar-refractivity contribution in [3.05, 3.63) is 0 Å². The summed E-state index contributed by atoms with van der Waals surface area (Å²) < 4.78 is 32.5. The molecule has 0 spiro atoms. The summed E-state index contributed by atoms with van der Waals surface area (Å²) in [6.07, 6.45) is 0.0102. The third kappa shape index (κ3) is 2.86. The molecular weight excluding hydrogens is 274 g/mol. The molecule has 2 rings (SSSR count). The summed E-state index contributed by atoms with van der Waals surface area (Å²) in [6.45, 7) is 4.78. The zero-order valence-electron chi connectivity index (χ0n) is 10.4. The van der Waals surface area contributed by atoms with Crippen LogP contribution in [0.3, 0.4) is 0 Å². The molecule has 0 aromatic carbocycles. The van der Waals surface area contributed by atoms with Crippen molar-refractivity contribution >= 4 is 32.2 Å². The molecule has 6 nitrogen and oxygen atoms in total. The standard InChI is InChI=1S/C10H17N3O3S2/c1-7(2)16-8-9(11)12-17-10(8)13-3-5-18(14,15)6-4-13/h7H,3-6H2,1-2H3,(H2,11,12). The van der Waals surface area contributed by atoms with Crippen molar-refractivity contribution in [3.8, 4) is 5.75 Å². The topological polar surface area (TPSA) is 85.5 Å². The summed E-state index contributed by atoms with van der Waals surface area (Å²) in [7, 11) is -2.88. The molecule has 0 aliphatic carbocycles. The second kappa shape index (κ2) is 4.93. The molecule has 8 heteroatoms. The molecule has 1 aromatic rings. The van der Waals surface area contributed by atoms with E-state index in [1.54, 1.807) is 0 Å². The molecule has 0 saturated carbocycles. The van der Waals surface area contributed by atoms with E-state index in [0.29, 0.717) is 24.7 Å². The Labute approximate surface area is 111 Å². The summed E-state index contributed by atoms with van der Waals surface area (Å²) in [4.78, 5) is 1.98. The van der Waals surface area contributed by atoms with E-state index in [-0.39, 0.29) is 17.6 Å². The number of sulfone groups is 1. The normalized spacial score (nSPS) is 19.2. The largest absolute Gasteiger partial charge is 0.484 e. The van der Waals surface area contributed by atoms with Crippen LogP contribution in [-0.2, 0) is 9.84 Å². The molecule has 1 aromatic heterocycles.